The number of carbonyl (C=O) groups is 1. The van der Waals surface area contributed by atoms with Gasteiger partial charge in [-0.3, -0.25) is 4.79 Å². The highest BCUT2D eigenvalue weighted by Gasteiger charge is 2.30. The number of likely N-dealkylation sites (tertiary alicyclic amines) is 1. The molecule has 0 saturated carbocycles. The van der Waals surface area contributed by atoms with E-state index in [-0.39, 0.29) is 5.91 Å². The second kappa shape index (κ2) is 6.34. The predicted octanol–water partition coefficient (Wildman–Crippen LogP) is 0.404. The van der Waals surface area contributed by atoms with Crippen LogP contribution in [0.2, 0.25) is 0 Å². The first-order valence-corrected chi connectivity index (χ1v) is 8.06. The standard InChI is InChI=1S/C13H19N3O3S/c1-14-20(18,19)15-12(11-7-3-2-4-8-11)13(17)16-9-5-6-10-16/h2-4,7-8,12,14-15H,5-6,9-10H2,1H3. The largest absolute Gasteiger partial charge is 0.341 e. The van der Waals surface area contributed by atoms with Crippen LogP contribution in [0.1, 0.15) is 24.4 Å². The summed E-state index contributed by atoms with van der Waals surface area (Å²) in [5.41, 5.74) is 0.642. The first-order valence-electron chi connectivity index (χ1n) is 6.58. The maximum atomic E-state index is 12.5. The monoisotopic (exact) mass is 297 g/mol. The van der Waals surface area contributed by atoms with Gasteiger partial charge in [0.05, 0.1) is 0 Å². The molecule has 1 aliphatic heterocycles. The molecule has 1 fully saturated rings. The Kier molecular flexibility index (Phi) is 4.74. The molecule has 1 aromatic carbocycles. The van der Waals surface area contributed by atoms with Crippen LogP contribution in [0.3, 0.4) is 0 Å². The first-order chi connectivity index (χ1) is 9.53. The van der Waals surface area contributed by atoms with Crippen LogP contribution < -0.4 is 9.44 Å². The van der Waals surface area contributed by atoms with Gasteiger partial charge in [0, 0.05) is 20.1 Å². The fraction of sp³-hybridized carbons (Fsp3) is 0.462. The van der Waals surface area contributed by atoms with Crippen molar-refractivity contribution < 1.29 is 13.2 Å². The molecule has 1 atom stereocenters. The summed E-state index contributed by atoms with van der Waals surface area (Å²) in [5, 5.41) is 0. The van der Waals surface area contributed by atoms with Gasteiger partial charge >= 0.3 is 0 Å². The summed E-state index contributed by atoms with van der Waals surface area (Å²) in [5.74, 6) is -0.201. The van der Waals surface area contributed by atoms with Gasteiger partial charge in [0.1, 0.15) is 6.04 Å². The Hall–Kier alpha value is -1.44. The SMILES string of the molecule is CNS(=O)(=O)NC(C(=O)N1CCCC1)c1ccccc1. The fourth-order valence-corrected chi connectivity index (χ4v) is 2.91. The van der Waals surface area contributed by atoms with Crippen LogP contribution >= 0.6 is 0 Å². The molecule has 1 aliphatic rings. The maximum absolute atomic E-state index is 12.5. The smallest absolute Gasteiger partial charge is 0.277 e. The number of hydrogen-bond donors (Lipinski definition) is 2. The highest BCUT2D eigenvalue weighted by molar-refractivity contribution is 7.87. The third-order valence-electron chi connectivity index (χ3n) is 3.34. The molecule has 0 radical (unpaired) electrons. The Bertz CT molecular complexity index is 553. The summed E-state index contributed by atoms with van der Waals surface area (Å²) >= 11 is 0. The molecular formula is C13H19N3O3S. The van der Waals surface area contributed by atoms with Gasteiger partial charge in [-0.15, -0.1) is 0 Å². The zero-order valence-corrected chi connectivity index (χ0v) is 12.2. The molecule has 0 aromatic heterocycles. The van der Waals surface area contributed by atoms with Crippen LogP contribution in [-0.2, 0) is 15.0 Å². The summed E-state index contributed by atoms with van der Waals surface area (Å²) in [4.78, 5) is 14.2. The van der Waals surface area contributed by atoms with E-state index in [4.69, 9.17) is 0 Å². The molecule has 2 rings (SSSR count). The van der Waals surface area contributed by atoms with Crippen molar-refractivity contribution >= 4 is 16.1 Å². The van der Waals surface area contributed by atoms with E-state index in [2.05, 4.69) is 9.44 Å². The normalized spacial score (nSPS) is 17.1. The number of rotatable bonds is 5. The molecule has 0 aliphatic carbocycles. The number of hydrogen-bond acceptors (Lipinski definition) is 3. The molecule has 1 amide bonds. The Morgan fingerprint density at radius 2 is 1.80 bits per heavy atom. The molecule has 7 heteroatoms. The lowest BCUT2D eigenvalue weighted by Crippen LogP contribution is -2.44. The van der Waals surface area contributed by atoms with E-state index in [0.29, 0.717) is 18.7 Å². The molecular weight excluding hydrogens is 278 g/mol. The van der Waals surface area contributed by atoms with Gasteiger partial charge in [-0.05, 0) is 18.4 Å². The molecule has 1 aromatic rings. The molecule has 1 heterocycles. The third-order valence-corrected chi connectivity index (χ3v) is 4.42. The lowest BCUT2D eigenvalue weighted by Gasteiger charge is -2.24. The minimum Gasteiger partial charge on any atom is -0.341 e. The van der Waals surface area contributed by atoms with Crippen molar-refractivity contribution in [3.63, 3.8) is 0 Å². The topological polar surface area (TPSA) is 78.5 Å². The third kappa shape index (κ3) is 3.56. The highest BCUT2D eigenvalue weighted by atomic mass is 32.2. The summed E-state index contributed by atoms with van der Waals surface area (Å²) < 4.78 is 28.0. The zero-order chi connectivity index (χ0) is 14.6. The fourth-order valence-electron chi connectivity index (χ4n) is 2.24. The van der Waals surface area contributed by atoms with Crippen LogP contribution in [-0.4, -0.2) is 39.4 Å². The van der Waals surface area contributed by atoms with E-state index in [0.717, 1.165) is 12.8 Å². The van der Waals surface area contributed by atoms with E-state index >= 15 is 0 Å². The van der Waals surface area contributed by atoms with Crippen molar-refractivity contribution in [3.8, 4) is 0 Å². The number of carbonyl (C=O) groups excluding carboxylic acids is 1. The quantitative estimate of drug-likeness (QED) is 0.826. The van der Waals surface area contributed by atoms with Crippen LogP contribution in [0.15, 0.2) is 30.3 Å². The summed E-state index contributed by atoms with van der Waals surface area (Å²) in [6.45, 7) is 1.37. The summed E-state index contributed by atoms with van der Waals surface area (Å²) in [7, 11) is -2.38. The maximum Gasteiger partial charge on any atom is 0.277 e. The Balaban J connectivity index is 2.26. The van der Waals surface area contributed by atoms with Crippen molar-refractivity contribution in [3.05, 3.63) is 35.9 Å². The van der Waals surface area contributed by atoms with Gasteiger partial charge < -0.3 is 4.90 Å². The predicted molar refractivity (Wildman–Crippen MR) is 76.1 cm³/mol. The minimum absolute atomic E-state index is 0.201. The van der Waals surface area contributed by atoms with Gasteiger partial charge in [-0.1, -0.05) is 30.3 Å². The molecule has 1 saturated heterocycles. The molecule has 0 spiro atoms. The van der Waals surface area contributed by atoms with Crippen molar-refractivity contribution in [2.75, 3.05) is 20.1 Å². The van der Waals surface area contributed by atoms with Crippen LogP contribution in [0.25, 0.3) is 0 Å². The molecule has 2 N–H and O–H groups in total. The van der Waals surface area contributed by atoms with Crippen molar-refractivity contribution in [2.45, 2.75) is 18.9 Å². The van der Waals surface area contributed by atoms with Gasteiger partial charge in [-0.2, -0.15) is 13.1 Å². The Morgan fingerprint density at radius 1 is 1.20 bits per heavy atom. The van der Waals surface area contributed by atoms with E-state index in [1.807, 2.05) is 6.07 Å². The number of benzene rings is 1. The van der Waals surface area contributed by atoms with Crippen molar-refractivity contribution in [1.82, 2.24) is 14.3 Å². The number of nitrogens with one attached hydrogen (secondary N) is 2. The Morgan fingerprint density at radius 3 is 2.35 bits per heavy atom. The first kappa shape index (κ1) is 15.0. The van der Waals surface area contributed by atoms with Crippen LogP contribution in [0.5, 0.6) is 0 Å². The molecule has 6 nitrogen and oxygen atoms in total. The van der Waals surface area contributed by atoms with Gasteiger partial charge in [0.2, 0.25) is 5.91 Å². The van der Waals surface area contributed by atoms with Gasteiger partial charge in [0.25, 0.3) is 10.2 Å². The summed E-state index contributed by atoms with van der Waals surface area (Å²) in [6.07, 6.45) is 1.93. The second-order valence-corrected chi connectivity index (χ2v) is 6.35. The minimum atomic E-state index is -3.69. The lowest BCUT2D eigenvalue weighted by atomic mass is 10.1. The van der Waals surface area contributed by atoms with Gasteiger partial charge in [0.15, 0.2) is 0 Å². The molecule has 110 valence electrons. The van der Waals surface area contributed by atoms with Crippen LogP contribution in [0.4, 0.5) is 0 Å². The zero-order valence-electron chi connectivity index (χ0n) is 11.4. The lowest BCUT2D eigenvalue weighted by molar-refractivity contribution is -0.132. The van der Waals surface area contributed by atoms with Crippen LogP contribution in [0, 0.1) is 0 Å². The van der Waals surface area contributed by atoms with E-state index in [1.165, 1.54) is 7.05 Å². The molecule has 1 unspecified atom stereocenters. The van der Waals surface area contributed by atoms with E-state index in [9.17, 15) is 13.2 Å². The van der Waals surface area contributed by atoms with Gasteiger partial charge in [-0.25, -0.2) is 4.72 Å². The van der Waals surface area contributed by atoms with E-state index in [1.54, 1.807) is 29.2 Å². The number of nitrogens with zero attached hydrogens (tertiary/aromatic N) is 1. The Labute approximate surface area is 119 Å². The summed E-state index contributed by atoms with van der Waals surface area (Å²) in [6, 6.07) is 8.01. The average molecular weight is 297 g/mol. The average Bonchev–Trinajstić information content (AvgIpc) is 2.99. The van der Waals surface area contributed by atoms with E-state index < -0.39 is 16.3 Å². The van der Waals surface area contributed by atoms with Crippen molar-refractivity contribution in [2.24, 2.45) is 0 Å². The number of amides is 1. The van der Waals surface area contributed by atoms with Crippen molar-refractivity contribution in [1.29, 1.82) is 0 Å². The highest BCUT2D eigenvalue weighted by Crippen LogP contribution is 2.19. The molecule has 20 heavy (non-hydrogen) atoms. The molecule has 0 bridgehead atoms. The second-order valence-electron chi connectivity index (χ2n) is 4.70.